The number of aliphatic carboxylic acids is 1. The number of hydrogen-bond donors (Lipinski definition) is 3. The summed E-state index contributed by atoms with van der Waals surface area (Å²) in [5.41, 5.74) is 0.539. The van der Waals surface area contributed by atoms with E-state index in [4.69, 9.17) is 4.74 Å². The minimum Gasteiger partial charge on any atom is -0.480 e. The lowest BCUT2D eigenvalue weighted by atomic mass is 9.90. The van der Waals surface area contributed by atoms with E-state index in [1.165, 1.54) is 0 Å². The number of carbonyl (C=O) groups is 3. The highest BCUT2D eigenvalue weighted by Gasteiger charge is 2.41. The van der Waals surface area contributed by atoms with Crippen LogP contribution in [-0.2, 0) is 19.1 Å². The van der Waals surface area contributed by atoms with Crippen molar-refractivity contribution in [2.75, 3.05) is 30.0 Å². The number of carboxylic acids is 1. The van der Waals surface area contributed by atoms with Crippen LogP contribution in [0, 0.1) is 6.92 Å². The molecule has 0 unspecified atom stereocenters. The molecule has 3 N–H and O–H groups in total. The van der Waals surface area contributed by atoms with Crippen LogP contribution in [0.5, 0.6) is 0 Å². The number of carbonyl (C=O) groups excluding carboxylic acids is 2. The molecule has 136 valence electrons. The first kappa shape index (κ1) is 19.3. The molecule has 1 aliphatic heterocycles. The second-order valence-corrected chi connectivity index (χ2v) is 6.94. The van der Waals surface area contributed by atoms with Gasteiger partial charge in [-0.15, -0.1) is 11.8 Å². The van der Waals surface area contributed by atoms with Crippen molar-refractivity contribution in [3.05, 3.63) is 29.8 Å². The first-order chi connectivity index (χ1) is 11.9. The Labute approximate surface area is 150 Å². The minimum atomic E-state index is -1.26. The quantitative estimate of drug-likeness (QED) is 0.674. The van der Waals surface area contributed by atoms with E-state index in [0.29, 0.717) is 18.9 Å². The van der Waals surface area contributed by atoms with Crippen LogP contribution in [0.2, 0.25) is 0 Å². The monoisotopic (exact) mass is 366 g/mol. The molecule has 2 amide bonds. The highest BCUT2D eigenvalue weighted by atomic mass is 32.2. The van der Waals surface area contributed by atoms with Gasteiger partial charge in [0.05, 0.1) is 11.5 Å². The second-order valence-electron chi connectivity index (χ2n) is 5.95. The first-order valence-electron chi connectivity index (χ1n) is 7.98. The van der Waals surface area contributed by atoms with Crippen LogP contribution in [0.15, 0.2) is 24.3 Å². The summed E-state index contributed by atoms with van der Waals surface area (Å²) in [4.78, 5) is 35.4. The van der Waals surface area contributed by atoms with Gasteiger partial charge in [-0.05, 0) is 19.1 Å². The van der Waals surface area contributed by atoms with Crippen molar-refractivity contribution in [1.29, 1.82) is 0 Å². The Kier molecular flexibility index (Phi) is 6.83. The summed E-state index contributed by atoms with van der Waals surface area (Å²) in [5, 5.41) is 14.7. The molecule has 1 aromatic carbocycles. The topological polar surface area (TPSA) is 105 Å². The Morgan fingerprint density at radius 1 is 1.12 bits per heavy atom. The second kappa shape index (κ2) is 8.87. The van der Waals surface area contributed by atoms with E-state index in [2.05, 4.69) is 10.6 Å². The molecule has 0 radical (unpaired) electrons. The third-order valence-corrected chi connectivity index (χ3v) is 4.87. The van der Waals surface area contributed by atoms with Gasteiger partial charge in [0.1, 0.15) is 5.54 Å². The smallest absolute Gasteiger partial charge is 0.329 e. The van der Waals surface area contributed by atoms with Crippen molar-refractivity contribution in [3.8, 4) is 0 Å². The molecule has 0 bridgehead atoms. The molecule has 1 aliphatic rings. The highest BCUT2D eigenvalue weighted by Crippen LogP contribution is 2.21. The van der Waals surface area contributed by atoms with E-state index in [0.717, 1.165) is 17.3 Å². The van der Waals surface area contributed by atoms with Crippen LogP contribution in [0.1, 0.15) is 18.4 Å². The van der Waals surface area contributed by atoms with Gasteiger partial charge in [-0.3, -0.25) is 9.59 Å². The number of rotatable bonds is 7. The molecule has 2 rings (SSSR count). The van der Waals surface area contributed by atoms with Gasteiger partial charge >= 0.3 is 5.97 Å². The van der Waals surface area contributed by atoms with Gasteiger partial charge in [0.25, 0.3) is 0 Å². The lowest BCUT2D eigenvalue weighted by molar-refractivity contribution is -0.151. The standard InChI is InChI=1S/C17H22N2O5S/c1-12-2-4-13(5-3-12)18-14(20)10-25-11-15(21)19-17(16(22)23)6-8-24-9-7-17/h2-5H,6-11H2,1H3,(H,18,20)(H,19,21)(H,22,23). The minimum absolute atomic E-state index is 0.0250. The van der Waals surface area contributed by atoms with Gasteiger partial charge in [0.2, 0.25) is 11.8 Å². The molecule has 7 nitrogen and oxygen atoms in total. The molecule has 0 aliphatic carbocycles. The number of nitrogens with one attached hydrogen (secondary N) is 2. The third kappa shape index (κ3) is 5.75. The SMILES string of the molecule is Cc1ccc(NC(=O)CSCC(=O)NC2(C(=O)O)CCOCC2)cc1. The zero-order chi connectivity index (χ0) is 18.3. The van der Waals surface area contributed by atoms with Crippen molar-refractivity contribution in [1.82, 2.24) is 5.32 Å². The zero-order valence-electron chi connectivity index (χ0n) is 14.0. The first-order valence-corrected chi connectivity index (χ1v) is 9.13. The van der Waals surface area contributed by atoms with Gasteiger partial charge in [0, 0.05) is 31.7 Å². The third-order valence-electron chi connectivity index (χ3n) is 3.94. The van der Waals surface area contributed by atoms with Crippen molar-refractivity contribution in [2.45, 2.75) is 25.3 Å². The Balaban J connectivity index is 1.74. The lowest BCUT2D eigenvalue weighted by Gasteiger charge is -2.33. The number of anilines is 1. The predicted molar refractivity (Wildman–Crippen MR) is 95.7 cm³/mol. The van der Waals surface area contributed by atoms with Crippen LogP contribution in [0.3, 0.4) is 0 Å². The number of aryl methyl sites for hydroxylation is 1. The normalized spacial score (nSPS) is 16.0. The van der Waals surface area contributed by atoms with Crippen LogP contribution >= 0.6 is 11.8 Å². The van der Waals surface area contributed by atoms with Crippen LogP contribution in [-0.4, -0.2) is 53.1 Å². The fourth-order valence-electron chi connectivity index (χ4n) is 2.49. The molecule has 1 aromatic rings. The van der Waals surface area contributed by atoms with Crippen molar-refractivity contribution in [2.24, 2.45) is 0 Å². The predicted octanol–water partition coefficient (Wildman–Crippen LogP) is 1.42. The molecule has 0 spiro atoms. The molecule has 0 atom stereocenters. The summed E-state index contributed by atoms with van der Waals surface area (Å²) >= 11 is 1.14. The van der Waals surface area contributed by atoms with E-state index in [1.54, 1.807) is 0 Å². The number of amides is 2. The number of thioether (sulfide) groups is 1. The van der Waals surface area contributed by atoms with Crippen LogP contribution in [0.4, 0.5) is 5.69 Å². The molecule has 1 heterocycles. The highest BCUT2D eigenvalue weighted by molar-refractivity contribution is 8.00. The van der Waals surface area contributed by atoms with E-state index in [1.807, 2.05) is 31.2 Å². The molecule has 8 heteroatoms. The largest absolute Gasteiger partial charge is 0.480 e. The molecule has 1 fully saturated rings. The van der Waals surface area contributed by atoms with E-state index < -0.39 is 17.4 Å². The summed E-state index contributed by atoms with van der Waals surface area (Å²) in [5.74, 6) is -1.51. The molecule has 25 heavy (non-hydrogen) atoms. The van der Waals surface area contributed by atoms with Crippen molar-refractivity contribution in [3.63, 3.8) is 0 Å². The zero-order valence-corrected chi connectivity index (χ0v) is 14.9. The Hall–Kier alpha value is -2.06. The average Bonchev–Trinajstić information content (AvgIpc) is 2.57. The van der Waals surface area contributed by atoms with E-state index >= 15 is 0 Å². The van der Waals surface area contributed by atoms with Crippen molar-refractivity contribution < 1.29 is 24.2 Å². The van der Waals surface area contributed by atoms with Crippen LogP contribution < -0.4 is 10.6 Å². The van der Waals surface area contributed by atoms with E-state index in [9.17, 15) is 19.5 Å². The fourth-order valence-corrected chi connectivity index (χ4v) is 3.10. The lowest BCUT2D eigenvalue weighted by Crippen LogP contribution is -2.57. The van der Waals surface area contributed by atoms with Gasteiger partial charge in [-0.2, -0.15) is 0 Å². The summed E-state index contributed by atoms with van der Waals surface area (Å²) in [6, 6.07) is 7.42. The number of ether oxygens (including phenoxy) is 1. The molecular formula is C17H22N2O5S. The van der Waals surface area contributed by atoms with Crippen LogP contribution in [0.25, 0.3) is 0 Å². The van der Waals surface area contributed by atoms with E-state index in [-0.39, 0.29) is 30.3 Å². The summed E-state index contributed by atoms with van der Waals surface area (Å²) in [7, 11) is 0. The molecule has 0 aromatic heterocycles. The Morgan fingerprint density at radius 2 is 1.72 bits per heavy atom. The van der Waals surface area contributed by atoms with Crippen molar-refractivity contribution >= 4 is 35.2 Å². The molecular weight excluding hydrogens is 344 g/mol. The summed E-state index contributed by atoms with van der Waals surface area (Å²) in [6.07, 6.45) is 0.485. The number of carboxylic acid groups (broad SMARTS) is 1. The summed E-state index contributed by atoms with van der Waals surface area (Å²) in [6.45, 7) is 2.57. The number of hydrogen-bond acceptors (Lipinski definition) is 5. The Morgan fingerprint density at radius 3 is 2.32 bits per heavy atom. The van der Waals surface area contributed by atoms with Gasteiger partial charge in [-0.25, -0.2) is 4.79 Å². The maximum Gasteiger partial charge on any atom is 0.329 e. The number of benzene rings is 1. The molecule has 0 saturated carbocycles. The Bertz CT molecular complexity index is 626. The average molecular weight is 366 g/mol. The maximum absolute atomic E-state index is 12.0. The fraction of sp³-hybridized carbons (Fsp3) is 0.471. The summed E-state index contributed by atoms with van der Waals surface area (Å²) < 4.78 is 5.16. The maximum atomic E-state index is 12.0. The van der Waals surface area contributed by atoms with Gasteiger partial charge in [0.15, 0.2) is 0 Å². The molecule has 1 saturated heterocycles. The van der Waals surface area contributed by atoms with Gasteiger partial charge < -0.3 is 20.5 Å². The van der Waals surface area contributed by atoms with Gasteiger partial charge in [-0.1, -0.05) is 17.7 Å².